The van der Waals surface area contributed by atoms with Crippen LogP contribution in [0.15, 0.2) is 101 Å². The number of carboxylic acid groups (broad SMARTS) is 1. The van der Waals surface area contributed by atoms with Crippen molar-refractivity contribution in [2.24, 2.45) is 16.5 Å². The highest BCUT2D eigenvalue weighted by molar-refractivity contribution is 7.89. The Labute approximate surface area is 391 Å². The Balaban J connectivity index is 1.21. The number of likely N-dealkylation sites (tertiary alicyclic amines) is 1. The molecule has 6 rings (SSSR count). The van der Waals surface area contributed by atoms with E-state index in [0.717, 1.165) is 16.6 Å². The second kappa shape index (κ2) is 21.8. The molecule has 68 heavy (non-hydrogen) atoms. The van der Waals surface area contributed by atoms with Crippen LogP contribution in [0.1, 0.15) is 43.7 Å². The summed E-state index contributed by atoms with van der Waals surface area (Å²) < 4.78 is 31.1. The maximum atomic E-state index is 14.4. The second-order valence-electron chi connectivity index (χ2n) is 16.7. The van der Waals surface area contributed by atoms with Crippen molar-refractivity contribution in [1.82, 2.24) is 30.6 Å². The molecule has 1 saturated heterocycles. The molecule has 5 aromatic rings. The number of hydrogen-bond acceptors (Lipinski definition) is 11. The van der Waals surface area contributed by atoms with Crippen LogP contribution in [-0.4, -0.2) is 121 Å². The number of amides is 4. The summed E-state index contributed by atoms with van der Waals surface area (Å²) in [6, 6.07) is 15.9. The zero-order chi connectivity index (χ0) is 49.3. The predicted octanol–water partition coefficient (Wildman–Crippen LogP) is 2.03. The fraction of sp³-hybridized carbons (Fsp3) is 0.348. The van der Waals surface area contributed by atoms with Gasteiger partial charge in [-0.1, -0.05) is 54.6 Å². The molecule has 0 saturated carbocycles. The molecule has 10 N–H and O–H groups in total. The van der Waals surface area contributed by atoms with Crippen LogP contribution in [0, 0.1) is 10.1 Å². The van der Waals surface area contributed by atoms with E-state index in [0.29, 0.717) is 28.3 Å². The summed E-state index contributed by atoms with van der Waals surface area (Å²) in [7, 11) is -0.861. The van der Waals surface area contributed by atoms with Gasteiger partial charge in [0, 0.05) is 79.3 Å². The Morgan fingerprint density at radius 1 is 0.882 bits per heavy atom. The Morgan fingerprint density at radius 3 is 2.25 bits per heavy atom. The number of hydrogen-bond donors (Lipinski definition) is 8. The highest BCUT2D eigenvalue weighted by atomic mass is 32.2. The van der Waals surface area contributed by atoms with Gasteiger partial charge in [0.2, 0.25) is 33.7 Å². The fourth-order valence-corrected chi connectivity index (χ4v) is 9.69. The van der Waals surface area contributed by atoms with Gasteiger partial charge in [0.05, 0.1) is 9.82 Å². The van der Waals surface area contributed by atoms with Gasteiger partial charge in [-0.3, -0.25) is 34.3 Å². The average Bonchev–Trinajstić information content (AvgIpc) is 3.96. The molecule has 0 aliphatic carbocycles. The number of nitrogens with zero attached hydrogens (tertiary/aromatic N) is 4. The lowest BCUT2D eigenvalue weighted by Gasteiger charge is -2.29. The SMILES string of the molecule is C[C@H](NC(=O)[C@H](CCCN=C(N)N)NC(=O)[C@@H](Cc1ccc([N+](=O)[O-])cc1)NS(=O)(=O)c1cccc2c(N(C)C)cccc12)C(=O)N1CCC[C@H]1C(=O)N[C@@H](Cc1c[nH]c2ccccc12)C(=O)O. The number of nitro benzene ring substituents is 1. The first-order chi connectivity index (χ1) is 32.3. The van der Waals surface area contributed by atoms with Crippen LogP contribution < -0.4 is 37.0 Å². The number of H-pyrrole nitrogens is 1. The van der Waals surface area contributed by atoms with Gasteiger partial charge in [-0.25, -0.2) is 13.2 Å². The lowest BCUT2D eigenvalue weighted by atomic mass is 10.0. The number of carbonyl (C=O) groups excluding carboxylic acids is 4. The van der Waals surface area contributed by atoms with E-state index in [1.807, 2.05) is 49.3 Å². The summed E-state index contributed by atoms with van der Waals surface area (Å²) in [4.78, 5) is 89.3. The van der Waals surface area contributed by atoms with Crippen molar-refractivity contribution in [3.05, 3.63) is 112 Å². The number of nitrogens with two attached hydrogens (primary N) is 2. The number of sulfonamides is 1. The van der Waals surface area contributed by atoms with Crippen LogP contribution in [-0.2, 0) is 46.8 Å². The van der Waals surface area contributed by atoms with E-state index >= 15 is 0 Å². The van der Waals surface area contributed by atoms with Crippen LogP contribution >= 0.6 is 0 Å². The molecule has 0 spiro atoms. The number of aliphatic carboxylic acids is 1. The minimum atomic E-state index is -4.49. The molecule has 4 amide bonds. The number of fused-ring (bicyclic) bond motifs is 2. The monoisotopic (exact) mass is 953 g/mol. The average molecular weight is 954 g/mol. The number of guanidine groups is 1. The van der Waals surface area contributed by atoms with E-state index in [1.54, 1.807) is 30.5 Å². The van der Waals surface area contributed by atoms with Crippen LogP contribution in [0.4, 0.5) is 11.4 Å². The summed E-state index contributed by atoms with van der Waals surface area (Å²) >= 11 is 0. The number of para-hydroxylation sites is 1. The van der Waals surface area contributed by atoms with Gasteiger partial charge in [0.15, 0.2) is 5.96 Å². The smallest absolute Gasteiger partial charge is 0.326 e. The van der Waals surface area contributed by atoms with Crippen molar-refractivity contribution in [2.75, 3.05) is 32.1 Å². The summed E-state index contributed by atoms with van der Waals surface area (Å²) in [6.07, 6.45) is 2.11. The van der Waals surface area contributed by atoms with Crippen LogP contribution in [0.5, 0.6) is 0 Å². The Hall–Kier alpha value is -7.59. The summed E-state index contributed by atoms with van der Waals surface area (Å²) in [6.45, 7) is 1.60. The molecule has 5 atom stereocenters. The molecule has 22 heteroatoms. The first-order valence-electron chi connectivity index (χ1n) is 21.8. The Morgan fingerprint density at radius 2 is 1.56 bits per heavy atom. The lowest BCUT2D eigenvalue weighted by Crippen LogP contribution is -2.58. The zero-order valence-corrected chi connectivity index (χ0v) is 38.5. The zero-order valence-electron chi connectivity index (χ0n) is 37.7. The largest absolute Gasteiger partial charge is 0.480 e. The number of carbonyl (C=O) groups is 5. The molecule has 1 aliphatic rings. The standard InChI is InChI=1S/C46H55N11O10S/c1-27(44(61)56-23-9-16-39(56)43(60)53-37(45(62)63)25-29-26-50-34-13-5-4-10-31(29)34)51-41(58)35(14-8-22-49-46(47)48)52-42(59)36(24-28-18-20-30(21-19-28)57(64)65)54-68(66,67)40-17-7-11-32-33(40)12-6-15-38(32)55(2)3/h4-7,10-13,15,17-21,26-27,35-37,39,50,54H,8-9,14,16,22-25H2,1-3H3,(H,51,58)(H,52,59)(H,53,60)(H,62,63)(H4,47,48,49)/t27-,35-,36+,37-,39-/m0/s1. The van der Waals surface area contributed by atoms with Gasteiger partial charge in [-0.2, -0.15) is 4.72 Å². The molecule has 0 radical (unpaired) electrons. The summed E-state index contributed by atoms with van der Waals surface area (Å²) in [5.41, 5.74) is 13.4. The first kappa shape index (κ1) is 49.8. The maximum Gasteiger partial charge on any atom is 0.326 e. The van der Waals surface area contributed by atoms with E-state index in [-0.39, 0.29) is 61.7 Å². The highest BCUT2D eigenvalue weighted by Gasteiger charge is 2.39. The van der Waals surface area contributed by atoms with Crippen molar-refractivity contribution in [2.45, 2.75) is 80.6 Å². The van der Waals surface area contributed by atoms with Crippen molar-refractivity contribution in [3.63, 3.8) is 0 Å². The number of carboxylic acids is 1. The number of aliphatic imine (C=N–C) groups is 1. The van der Waals surface area contributed by atoms with Crippen molar-refractivity contribution in [1.29, 1.82) is 0 Å². The van der Waals surface area contributed by atoms with Gasteiger partial charge >= 0.3 is 5.97 Å². The predicted molar refractivity (Wildman–Crippen MR) is 255 cm³/mol. The minimum Gasteiger partial charge on any atom is -0.480 e. The molecule has 21 nitrogen and oxygen atoms in total. The molecule has 1 fully saturated rings. The Kier molecular flexibility index (Phi) is 16.0. The van der Waals surface area contributed by atoms with Crippen molar-refractivity contribution < 1.29 is 42.4 Å². The number of aromatic nitrogens is 1. The molecule has 1 aliphatic heterocycles. The number of nitro groups is 1. The quantitative estimate of drug-likeness (QED) is 0.0172. The third kappa shape index (κ3) is 12.0. The van der Waals surface area contributed by atoms with E-state index in [2.05, 4.69) is 30.6 Å². The van der Waals surface area contributed by atoms with Crippen molar-refractivity contribution in [3.8, 4) is 0 Å². The Bertz CT molecular complexity index is 2830. The first-order valence-corrected chi connectivity index (χ1v) is 23.3. The van der Waals surface area contributed by atoms with E-state index in [4.69, 9.17) is 11.5 Å². The van der Waals surface area contributed by atoms with Gasteiger partial charge in [0.25, 0.3) is 5.69 Å². The molecular weight excluding hydrogens is 899 g/mol. The number of rotatable bonds is 21. The van der Waals surface area contributed by atoms with Gasteiger partial charge in [-0.15, -0.1) is 0 Å². The number of benzene rings is 4. The molecule has 0 bridgehead atoms. The summed E-state index contributed by atoms with van der Waals surface area (Å²) in [5.74, 6) is -4.54. The lowest BCUT2D eigenvalue weighted by molar-refractivity contribution is -0.384. The third-order valence-electron chi connectivity index (χ3n) is 11.7. The third-order valence-corrected chi connectivity index (χ3v) is 13.2. The minimum absolute atomic E-state index is 0.0224. The summed E-state index contributed by atoms with van der Waals surface area (Å²) in [5, 5.41) is 31.1. The van der Waals surface area contributed by atoms with E-state index < -0.39 is 74.8 Å². The topological polar surface area (TPSA) is 318 Å². The molecular formula is C46H55N11O10S. The molecule has 4 aromatic carbocycles. The normalized spacial score (nSPS) is 15.5. The molecule has 1 aromatic heterocycles. The van der Waals surface area contributed by atoms with Crippen molar-refractivity contribution >= 4 is 78.6 Å². The fourth-order valence-electron chi connectivity index (χ4n) is 8.28. The van der Waals surface area contributed by atoms with Crippen LogP contribution in [0.3, 0.4) is 0 Å². The van der Waals surface area contributed by atoms with Gasteiger partial charge < -0.3 is 47.3 Å². The second-order valence-corrected chi connectivity index (χ2v) is 18.4. The van der Waals surface area contributed by atoms with Crippen LogP contribution in [0.2, 0.25) is 0 Å². The molecule has 2 heterocycles. The highest BCUT2D eigenvalue weighted by Crippen LogP contribution is 2.31. The van der Waals surface area contributed by atoms with Gasteiger partial charge in [-0.05, 0) is 68.4 Å². The number of nitrogens with one attached hydrogen (secondary N) is 5. The van der Waals surface area contributed by atoms with Crippen LogP contribution in [0.25, 0.3) is 21.7 Å². The number of non-ortho nitro benzene ring substituents is 1. The number of aromatic amines is 1. The number of anilines is 1. The van der Waals surface area contributed by atoms with E-state index in [1.165, 1.54) is 42.2 Å². The van der Waals surface area contributed by atoms with Gasteiger partial charge in [0.1, 0.15) is 30.2 Å². The molecule has 0 unspecified atom stereocenters. The van der Waals surface area contributed by atoms with E-state index in [9.17, 15) is 47.6 Å². The maximum absolute atomic E-state index is 14.4. The molecule has 360 valence electrons.